The van der Waals surface area contributed by atoms with E-state index in [2.05, 4.69) is 10.6 Å². The van der Waals surface area contributed by atoms with Crippen LogP contribution in [0.4, 0.5) is 23.2 Å². The maximum Gasteiger partial charge on any atom is 0.416 e. The minimum Gasteiger partial charge on any atom is -0.487 e. The summed E-state index contributed by atoms with van der Waals surface area (Å²) in [5, 5.41) is 17.6. The van der Waals surface area contributed by atoms with Gasteiger partial charge in [0.1, 0.15) is 17.2 Å². The van der Waals surface area contributed by atoms with Crippen molar-refractivity contribution in [2.24, 2.45) is 0 Å². The van der Waals surface area contributed by atoms with Gasteiger partial charge in [-0.3, -0.25) is 9.59 Å². The minimum atomic E-state index is -4.52. The molecule has 3 aromatic carbocycles. The molecule has 2 heterocycles. The molecule has 0 unspecified atom stereocenters. The second-order valence-corrected chi connectivity index (χ2v) is 12.2. The third-order valence-corrected chi connectivity index (χ3v) is 9.11. The van der Waals surface area contributed by atoms with Crippen LogP contribution in [0.2, 0.25) is 0 Å². The molecule has 0 radical (unpaired) electrons. The number of hydrogen-bond acceptors (Lipinski definition) is 5. The normalized spacial score (nSPS) is 20.2. The van der Waals surface area contributed by atoms with Crippen LogP contribution >= 0.6 is 0 Å². The van der Waals surface area contributed by atoms with E-state index in [4.69, 9.17) is 4.74 Å². The molecule has 238 valence electrons. The lowest BCUT2D eigenvalue weighted by Gasteiger charge is -2.48. The molecule has 3 atom stereocenters. The molecule has 1 spiro atoms. The standard InChI is InChI=1S/C34H35F4N3O4/c35-25-11-9-22(17-28(25)41-15-4-8-31(41)43)32(44)40-26(16-21-6-2-1-3-7-21)29(42)20-39-27-19-33(13-5-14-33)45-30-12-10-23(18-24(27)30)34(36,37)38/h1-3,6-7,9-12,17-18,26-27,29,39,42H,4-5,8,13-16,19-20H2,(H,40,44)/t26-,27-,29-/m0/s1. The number of ether oxygens (including phenoxy) is 1. The Labute approximate surface area is 258 Å². The van der Waals surface area contributed by atoms with Gasteiger partial charge in [0.05, 0.1) is 23.4 Å². The van der Waals surface area contributed by atoms with Gasteiger partial charge in [-0.1, -0.05) is 30.3 Å². The molecule has 2 amide bonds. The van der Waals surface area contributed by atoms with Crippen molar-refractivity contribution >= 4 is 17.5 Å². The fourth-order valence-electron chi connectivity index (χ4n) is 6.48. The number of benzene rings is 3. The summed E-state index contributed by atoms with van der Waals surface area (Å²) >= 11 is 0. The summed E-state index contributed by atoms with van der Waals surface area (Å²) in [7, 11) is 0. The lowest BCUT2D eigenvalue weighted by molar-refractivity contribution is -0.137. The molecule has 7 nitrogen and oxygen atoms in total. The molecule has 3 aliphatic rings. The first-order chi connectivity index (χ1) is 21.5. The van der Waals surface area contributed by atoms with Gasteiger partial charge in [-0.2, -0.15) is 13.2 Å². The molecule has 1 saturated heterocycles. The first-order valence-corrected chi connectivity index (χ1v) is 15.3. The summed E-state index contributed by atoms with van der Waals surface area (Å²) in [6.07, 6.45) is -1.46. The van der Waals surface area contributed by atoms with E-state index in [1.54, 1.807) is 0 Å². The number of carbonyl (C=O) groups is 2. The van der Waals surface area contributed by atoms with E-state index in [-0.39, 0.29) is 30.1 Å². The molecule has 2 aliphatic heterocycles. The first kappa shape index (κ1) is 31.0. The molecular formula is C34H35F4N3O4. The van der Waals surface area contributed by atoms with Gasteiger partial charge in [-0.05, 0) is 74.1 Å². The molecule has 1 saturated carbocycles. The predicted molar refractivity (Wildman–Crippen MR) is 159 cm³/mol. The number of aliphatic hydroxyl groups is 1. The lowest BCUT2D eigenvalue weighted by Crippen LogP contribution is -2.52. The van der Waals surface area contributed by atoms with Crippen LogP contribution in [0.15, 0.2) is 66.7 Å². The Balaban J connectivity index is 1.21. The zero-order valence-electron chi connectivity index (χ0n) is 24.6. The van der Waals surface area contributed by atoms with Crippen molar-refractivity contribution in [2.45, 2.75) is 74.9 Å². The molecule has 0 aromatic heterocycles. The summed E-state index contributed by atoms with van der Waals surface area (Å²) in [5.74, 6) is -0.974. The van der Waals surface area contributed by atoms with Gasteiger partial charge in [0.25, 0.3) is 5.91 Å². The second kappa shape index (κ2) is 12.4. The summed E-state index contributed by atoms with van der Waals surface area (Å²) in [6.45, 7) is 0.341. The van der Waals surface area contributed by atoms with Crippen LogP contribution in [0.1, 0.15) is 71.6 Å². The minimum absolute atomic E-state index is 0.0227. The molecule has 3 aromatic rings. The molecule has 1 aliphatic carbocycles. The van der Waals surface area contributed by atoms with Gasteiger partial charge in [-0.25, -0.2) is 4.39 Å². The summed E-state index contributed by atoms with van der Waals surface area (Å²) in [4.78, 5) is 27.0. The third kappa shape index (κ3) is 6.69. The Kier molecular flexibility index (Phi) is 8.58. The van der Waals surface area contributed by atoms with Gasteiger partial charge in [0.15, 0.2) is 0 Å². The van der Waals surface area contributed by atoms with Crippen molar-refractivity contribution in [3.05, 3.63) is 94.8 Å². The number of aliphatic hydroxyl groups excluding tert-OH is 1. The highest BCUT2D eigenvalue weighted by atomic mass is 19.4. The molecular weight excluding hydrogens is 590 g/mol. The highest BCUT2D eigenvalue weighted by Gasteiger charge is 2.46. The van der Waals surface area contributed by atoms with Crippen molar-refractivity contribution in [1.29, 1.82) is 0 Å². The van der Waals surface area contributed by atoms with Crippen LogP contribution in [0.5, 0.6) is 5.75 Å². The van der Waals surface area contributed by atoms with Crippen LogP contribution < -0.4 is 20.3 Å². The summed E-state index contributed by atoms with van der Waals surface area (Å²) in [6, 6.07) is 15.3. The number of nitrogens with zero attached hydrogens (tertiary/aromatic N) is 1. The van der Waals surface area contributed by atoms with Gasteiger partial charge >= 0.3 is 6.18 Å². The maximum atomic E-state index is 14.6. The monoisotopic (exact) mass is 625 g/mol. The number of hydrogen-bond donors (Lipinski definition) is 3. The lowest BCUT2D eigenvalue weighted by atomic mass is 9.72. The molecule has 6 rings (SSSR count). The number of alkyl halides is 3. The van der Waals surface area contributed by atoms with Crippen molar-refractivity contribution in [1.82, 2.24) is 10.6 Å². The van der Waals surface area contributed by atoms with Crippen LogP contribution in [-0.4, -0.2) is 47.8 Å². The molecule has 0 bridgehead atoms. The van der Waals surface area contributed by atoms with Crippen LogP contribution in [0.25, 0.3) is 0 Å². The second-order valence-electron chi connectivity index (χ2n) is 12.2. The Morgan fingerprint density at radius 1 is 1.07 bits per heavy atom. The SMILES string of the molecule is O=C(N[C@@H](Cc1ccccc1)[C@@H](O)CN[C@H]1CC2(CCC2)Oc2ccc(C(F)(F)F)cc21)c1ccc(F)c(N2CCCC2=O)c1. The van der Waals surface area contributed by atoms with E-state index in [1.165, 1.54) is 23.1 Å². The Bertz CT molecular complexity index is 1560. The number of carbonyl (C=O) groups excluding carboxylic acids is 2. The number of amides is 2. The number of nitrogens with one attached hydrogen (secondary N) is 2. The van der Waals surface area contributed by atoms with Crippen LogP contribution in [0.3, 0.4) is 0 Å². The van der Waals surface area contributed by atoms with Crippen molar-refractivity contribution in [3.8, 4) is 5.75 Å². The fraction of sp³-hybridized carbons (Fsp3) is 0.412. The number of halogens is 4. The topological polar surface area (TPSA) is 90.9 Å². The van der Waals surface area contributed by atoms with Crippen molar-refractivity contribution in [3.63, 3.8) is 0 Å². The number of anilines is 1. The fourth-order valence-corrected chi connectivity index (χ4v) is 6.48. The highest BCUT2D eigenvalue weighted by Crippen LogP contribution is 2.49. The predicted octanol–water partition coefficient (Wildman–Crippen LogP) is 5.71. The molecule has 11 heteroatoms. The zero-order valence-corrected chi connectivity index (χ0v) is 24.6. The Morgan fingerprint density at radius 2 is 1.84 bits per heavy atom. The Morgan fingerprint density at radius 3 is 2.51 bits per heavy atom. The van der Waals surface area contributed by atoms with E-state index in [9.17, 15) is 32.3 Å². The third-order valence-electron chi connectivity index (χ3n) is 9.11. The van der Waals surface area contributed by atoms with Gasteiger partial charge in [-0.15, -0.1) is 0 Å². The van der Waals surface area contributed by atoms with Gasteiger partial charge in [0.2, 0.25) is 5.91 Å². The quantitative estimate of drug-likeness (QED) is 0.265. The average Bonchev–Trinajstić information content (AvgIpc) is 3.43. The smallest absolute Gasteiger partial charge is 0.416 e. The van der Waals surface area contributed by atoms with Crippen LogP contribution in [0, 0.1) is 5.82 Å². The molecule has 3 N–H and O–H groups in total. The van der Waals surface area contributed by atoms with E-state index >= 15 is 0 Å². The molecule has 45 heavy (non-hydrogen) atoms. The summed E-state index contributed by atoms with van der Waals surface area (Å²) < 4.78 is 61.5. The van der Waals surface area contributed by atoms with Crippen LogP contribution in [-0.2, 0) is 17.4 Å². The van der Waals surface area contributed by atoms with Gasteiger partial charge < -0.3 is 25.4 Å². The van der Waals surface area contributed by atoms with E-state index in [1.807, 2.05) is 30.3 Å². The highest BCUT2D eigenvalue weighted by molar-refractivity contribution is 5.99. The van der Waals surface area contributed by atoms with E-state index in [0.29, 0.717) is 37.1 Å². The van der Waals surface area contributed by atoms with E-state index < -0.39 is 47.3 Å². The number of rotatable bonds is 9. The average molecular weight is 626 g/mol. The largest absolute Gasteiger partial charge is 0.487 e. The van der Waals surface area contributed by atoms with Crippen molar-refractivity contribution in [2.75, 3.05) is 18.0 Å². The summed E-state index contributed by atoms with van der Waals surface area (Å²) in [5.41, 5.74) is 0.176. The van der Waals surface area contributed by atoms with E-state index in [0.717, 1.165) is 43.0 Å². The Hall–Kier alpha value is -3.96. The maximum absolute atomic E-state index is 14.6. The van der Waals surface area contributed by atoms with Gasteiger partial charge in [0, 0.05) is 43.1 Å². The molecule has 2 fully saturated rings. The first-order valence-electron chi connectivity index (χ1n) is 15.3. The zero-order chi connectivity index (χ0) is 31.8. The number of fused-ring (bicyclic) bond motifs is 1. The van der Waals surface area contributed by atoms with Crippen molar-refractivity contribution < 1.29 is 37.0 Å².